The van der Waals surface area contributed by atoms with E-state index in [1.807, 2.05) is 33.8 Å². The molecule has 30 heavy (non-hydrogen) atoms. The van der Waals surface area contributed by atoms with Crippen LogP contribution >= 0.6 is 11.6 Å². The van der Waals surface area contributed by atoms with E-state index in [0.29, 0.717) is 16.1 Å². The van der Waals surface area contributed by atoms with Crippen LogP contribution in [0.4, 0.5) is 0 Å². The van der Waals surface area contributed by atoms with Crippen molar-refractivity contribution in [3.05, 3.63) is 65.3 Å². The number of amides is 1. The number of piperidine rings is 2. The van der Waals surface area contributed by atoms with Crippen molar-refractivity contribution in [1.29, 1.82) is 0 Å². The average molecular weight is 424 g/mol. The predicted octanol–water partition coefficient (Wildman–Crippen LogP) is 3.90. The summed E-state index contributed by atoms with van der Waals surface area (Å²) in [5, 5.41) is 0.633. The number of rotatable bonds is 3. The third kappa shape index (κ3) is 3.94. The van der Waals surface area contributed by atoms with Gasteiger partial charge in [-0.15, -0.1) is 0 Å². The number of carbonyl (C=O) groups excluding carboxylic acids is 1. The Bertz CT molecular complexity index is 1030. The minimum atomic E-state index is 0.0266. The van der Waals surface area contributed by atoms with E-state index in [4.69, 9.17) is 11.6 Å². The van der Waals surface area contributed by atoms with Crippen LogP contribution < -0.4 is 0 Å². The van der Waals surface area contributed by atoms with Crippen LogP contribution in [0.3, 0.4) is 0 Å². The number of fused-ring (bicyclic) bond motifs is 1. The van der Waals surface area contributed by atoms with Gasteiger partial charge >= 0.3 is 0 Å². The molecule has 5 rings (SSSR count). The predicted molar refractivity (Wildman–Crippen MR) is 117 cm³/mol. The summed E-state index contributed by atoms with van der Waals surface area (Å²) < 4.78 is 1.82. The van der Waals surface area contributed by atoms with E-state index in [0.717, 1.165) is 51.2 Å². The molecule has 0 aromatic carbocycles. The lowest BCUT2D eigenvalue weighted by atomic mass is 9.71. The van der Waals surface area contributed by atoms with Gasteiger partial charge in [0.1, 0.15) is 11.3 Å². The first kappa shape index (κ1) is 19.5. The van der Waals surface area contributed by atoms with E-state index < -0.39 is 0 Å². The van der Waals surface area contributed by atoms with Gasteiger partial charge in [0, 0.05) is 44.4 Å². The molecule has 0 radical (unpaired) electrons. The van der Waals surface area contributed by atoms with E-state index in [1.54, 1.807) is 18.5 Å². The molecule has 2 aliphatic heterocycles. The minimum absolute atomic E-state index is 0.0266. The molecule has 1 amide bonds. The average Bonchev–Trinajstić information content (AvgIpc) is 3.20. The van der Waals surface area contributed by atoms with Gasteiger partial charge < -0.3 is 9.30 Å². The van der Waals surface area contributed by atoms with Crippen LogP contribution in [-0.4, -0.2) is 56.3 Å². The number of halogens is 1. The number of imidazole rings is 1. The van der Waals surface area contributed by atoms with Crippen LogP contribution in [0, 0.1) is 5.41 Å². The van der Waals surface area contributed by atoms with Crippen molar-refractivity contribution >= 4 is 23.2 Å². The van der Waals surface area contributed by atoms with Gasteiger partial charge in [-0.3, -0.25) is 14.7 Å². The number of nitrogens with zero attached hydrogens (tertiary/aromatic N) is 5. The Labute approximate surface area is 181 Å². The summed E-state index contributed by atoms with van der Waals surface area (Å²) in [6.07, 6.45) is 11.9. The fourth-order valence-electron chi connectivity index (χ4n) is 4.85. The van der Waals surface area contributed by atoms with Gasteiger partial charge in [-0.1, -0.05) is 17.7 Å². The molecule has 5 heterocycles. The van der Waals surface area contributed by atoms with Crippen molar-refractivity contribution in [3.8, 4) is 0 Å². The number of hydrogen-bond acceptors (Lipinski definition) is 4. The van der Waals surface area contributed by atoms with Crippen LogP contribution in [0.25, 0.3) is 5.65 Å². The van der Waals surface area contributed by atoms with E-state index in [-0.39, 0.29) is 5.91 Å². The third-order valence-electron chi connectivity index (χ3n) is 6.79. The van der Waals surface area contributed by atoms with E-state index in [1.165, 1.54) is 18.4 Å². The van der Waals surface area contributed by atoms with Gasteiger partial charge in [-0.05, 0) is 68.0 Å². The molecule has 0 unspecified atom stereocenters. The Morgan fingerprint density at radius 2 is 1.80 bits per heavy atom. The summed E-state index contributed by atoms with van der Waals surface area (Å²) >= 11 is 6.04. The second-order valence-corrected chi connectivity index (χ2v) is 9.10. The monoisotopic (exact) mass is 423 g/mol. The maximum atomic E-state index is 13.0. The molecular weight excluding hydrogens is 398 g/mol. The zero-order chi connectivity index (χ0) is 20.6. The Hall–Kier alpha value is -2.44. The Kier molecular flexibility index (Phi) is 5.21. The van der Waals surface area contributed by atoms with Crippen molar-refractivity contribution in [2.75, 3.05) is 26.2 Å². The number of pyridine rings is 2. The highest BCUT2D eigenvalue weighted by Crippen LogP contribution is 2.41. The Morgan fingerprint density at radius 3 is 2.53 bits per heavy atom. The van der Waals surface area contributed by atoms with E-state index in [9.17, 15) is 4.79 Å². The van der Waals surface area contributed by atoms with Gasteiger partial charge in [0.05, 0.1) is 5.02 Å². The van der Waals surface area contributed by atoms with Crippen molar-refractivity contribution in [3.63, 3.8) is 0 Å². The molecule has 2 fully saturated rings. The molecule has 1 spiro atoms. The zero-order valence-electron chi connectivity index (χ0n) is 17.0. The fourth-order valence-corrected chi connectivity index (χ4v) is 5.02. The molecular formula is C23H26ClN5O. The quantitative estimate of drug-likeness (QED) is 0.641. The number of hydrogen-bond donors (Lipinski definition) is 0. The molecule has 0 saturated carbocycles. The first-order valence-corrected chi connectivity index (χ1v) is 11.0. The summed E-state index contributed by atoms with van der Waals surface area (Å²) in [5.41, 5.74) is 2.91. The first-order chi connectivity index (χ1) is 14.6. The highest BCUT2D eigenvalue weighted by Gasteiger charge is 2.38. The molecule has 0 N–H and O–H groups in total. The highest BCUT2D eigenvalue weighted by molar-refractivity contribution is 6.30. The molecule has 2 aliphatic rings. The molecule has 0 atom stereocenters. The van der Waals surface area contributed by atoms with Crippen LogP contribution in [0.2, 0.25) is 5.02 Å². The molecule has 7 heteroatoms. The molecule has 0 bridgehead atoms. The summed E-state index contributed by atoms with van der Waals surface area (Å²) in [6, 6.07) is 7.78. The van der Waals surface area contributed by atoms with Crippen molar-refractivity contribution in [2.45, 2.75) is 32.2 Å². The van der Waals surface area contributed by atoms with Crippen molar-refractivity contribution in [1.82, 2.24) is 24.2 Å². The molecule has 3 aromatic rings. The van der Waals surface area contributed by atoms with Gasteiger partial charge in [0.25, 0.3) is 5.91 Å². The molecule has 0 aliphatic carbocycles. The summed E-state index contributed by atoms with van der Waals surface area (Å²) in [6.45, 7) is 4.85. The standard InChI is InChI=1S/C23H26ClN5O/c24-19-3-4-21-26-20(17-29(21)16-19)22(30)28-12-7-23(8-13-28)5-10-27(11-6-23)15-18-2-1-9-25-14-18/h1-4,9,14,16-17H,5-8,10-13,15H2. The lowest BCUT2D eigenvalue weighted by Crippen LogP contribution is -2.48. The van der Waals surface area contributed by atoms with Gasteiger partial charge in [0.15, 0.2) is 0 Å². The third-order valence-corrected chi connectivity index (χ3v) is 7.01. The molecule has 6 nitrogen and oxygen atoms in total. The first-order valence-electron chi connectivity index (χ1n) is 10.7. The number of likely N-dealkylation sites (tertiary alicyclic amines) is 2. The Balaban J connectivity index is 1.17. The van der Waals surface area contributed by atoms with E-state index in [2.05, 4.69) is 20.9 Å². The largest absolute Gasteiger partial charge is 0.337 e. The molecule has 2 saturated heterocycles. The Morgan fingerprint density at radius 1 is 1.03 bits per heavy atom. The lowest BCUT2D eigenvalue weighted by Gasteiger charge is -2.46. The minimum Gasteiger partial charge on any atom is -0.337 e. The summed E-state index contributed by atoms with van der Waals surface area (Å²) in [7, 11) is 0. The molecule has 3 aromatic heterocycles. The summed E-state index contributed by atoms with van der Waals surface area (Å²) in [5.74, 6) is 0.0266. The zero-order valence-corrected chi connectivity index (χ0v) is 17.8. The van der Waals surface area contributed by atoms with Crippen molar-refractivity contribution in [2.24, 2.45) is 5.41 Å². The lowest BCUT2D eigenvalue weighted by molar-refractivity contribution is 0.0282. The fraction of sp³-hybridized carbons (Fsp3) is 0.435. The smallest absolute Gasteiger partial charge is 0.274 e. The van der Waals surface area contributed by atoms with Gasteiger partial charge in [-0.25, -0.2) is 4.98 Å². The van der Waals surface area contributed by atoms with Crippen LogP contribution in [0.15, 0.2) is 49.1 Å². The highest BCUT2D eigenvalue weighted by atomic mass is 35.5. The second kappa shape index (κ2) is 8.00. The van der Waals surface area contributed by atoms with E-state index >= 15 is 0 Å². The second-order valence-electron chi connectivity index (χ2n) is 8.67. The van der Waals surface area contributed by atoms with Gasteiger partial charge in [-0.2, -0.15) is 0 Å². The normalized spacial score (nSPS) is 19.4. The number of carbonyl (C=O) groups is 1. The van der Waals surface area contributed by atoms with Crippen LogP contribution in [0.1, 0.15) is 41.7 Å². The topological polar surface area (TPSA) is 53.7 Å². The van der Waals surface area contributed by atoms with Crippen LogP contribution in [0.5, 0.6) is 0 Å². The number of aromatic nitrogens is 3. The molecule has 156 valence electrons. The van der Waals surface area contributed by atoms with Crippen molar-refractivity contribution < 1.29 is 4.79 Å². The summed E-state index contributed by atoms with van der Waals surface area (Å²) in [4.78, 5) is 26.2. The SMILES string of the molecule is O=C(c1cn2cc(Cl)ccc2n1)N1CCC2(CCN(Cc3cccnc3)CC2)CC1. The maximum absolute atomic E-state index is 13.0. The van der Waals surface area contributed by atoms with Crippen LogP contribution in [-0.2, 0) is 6.54 Å². The maximum Gasteiger partial charge on any atom is 0.274 e. The van der Waals surface area contributed by atoms with Gasteiger partial charge in [0.2, 0.25) is 0 Å².